The lowest BCUT2D eigenvalue weighted by Gasteiger charge is -2.27. The molecule has 5 heteroatoms. The number of phenols is 1. The Bertz CT molecular complexity index is 519. The molecule has 0 saturated heterocycles. The summed E-state index contributed by atoms with van der Waals surface area (Å²) in [7, 11) is 2.93. The molecule has 1 aromatic rings. The Morgan fingerprint density at radius 2 is 2.17 bits per heavy atom. The van der Waals surface area contributed by atoms with Crippen LogP contribution in [0.4, 0.5) is 0 Å². The van der Waals surface area contributed by atoms with Crippen molar-refractivity contribution in [3.8, 4) is 11.5 Å². The molecule has 0 spiro atoms. The third kappa shape index (κ3) is 1.82. The number of phenolic OH excluding ortho intramolecular Hbond substituents is 1. The van der Waals surface area contributed by atoms with Gasteiger partial charge in [0.25, 0.3) is 0 Å². The van der Waals surface area contributed by atoms with Crippen molar-refractivity contribution < 1.29 is 24.1 Å². The number of carbonyl (C=O) groups excluding carboxylic acids is 1. The lowest BCUT2D eigenvalue weighted by atomic mass is 9.98. The van der Waals surface area contributed by atoms with Crippen LogP contribution in [0.15, 0.2) is 11.8 Å². The number of aromatic hydroxyl groups is 1. The van der Waals surface area contributed by atoms with Crippen molar-refractivity contribution in [2.75, 3.05) is 14.2 Å². The SMILES string of the molecule is COc1c(C=O)c(O)cc2c1[C@@H](OC)OC(C)=C2. The van der Waals surface area contributed by atoms with Gasteiger partial charge in [-0.25, -0.2) is 0 Å². The van der Waals surface area contributed by atoms with Gasteiger partial charge in [0.15, 0.2) is 6.29 Å². The number of ether oxygens (including phenoxy) is 3. The second kappa shape index (κ2) is 4.70. The fourth-order valence-electron chi connectivity index (χ4n) is 2.04. The van der Waals surface area contributed by atoms with Gasteiger partial charge in [0.05, 0.1) is 24.0 Å². The highest BCUT2D eigenvalue weighted by Crippen LogP contribution is 2.42. The molecular formula is C13H14O5. The first-order chi connectivity index (χ1) is 8.62. The highest BCUT2D eigenvalue weighted by Gasteiger charge is 2.28. The van der Waals surface area contributed by atoms with Crippen LogP contribution in [0.1, 0.15) is 34.7 Å². The van der Waals surface area contributed by atoms with Gasteiger partial charge in [-0.2, -0.15) is 0 Å². The van der Waals surface area contributed by atoms with Crippen LogP contribution in [0.2, 0.25) is 0 Å². The van der Waals surface area contributed by atoms with Crippen LogP contribution in [0.3, 0.4) is 0 Å². The maximum absolute atomic E-state index is 11.0. The zero-order valence-electron chi connectivity index (χ0n) is 10.4. The maximum atomic E-state index is 11.0. The van der Waals surface area contributed by atoms with E-state index in [0.717, 1.165) is 0 Å². The summed E-state index contributed by atoms with van der Waals surface area (Å²) in [6, 6.07) is 1.50. The summed E-state index contributed by atoms with van der Waals surface area (Å²) in [5.74, 6) is 0.812. The van der Waals surface area contributed by atoms with Gasteiger partial charge in [-0.3, -0.25) is 4.79 Å². The second-order valence-corrected chi connectivity index (χ2v) is 3.90. The molecule has 0 radical (unpaired) electrons. The van der Waals surface area contributed by atoms with E-state index in [0.29, 0.717) is 23.2 Å². The molecule has 0 aromatic heterocycles. The minimum atomic E-state index is -0.653. The quantitative estimate of drug-likeness (QED) is 0.833. The van der Waals surface area contributed by atoms with Crippen LogP contribution in [-0.2, 0) is 9.47 Å². The summed E-state index contributed by atoms with van der Waals surface area (Å²) in [6.07, 6.45) is 1.65. The summed E-state index contributed by atoms with van der Waals surface area (Å²) in [5.41, 5.74) is 1.41. The minimum absolute atomic E-state index is 0.0925. The average Bonchev–Trinajstić information content (AvgIpc) is 2.35. The van der Waals surface area contributed by atoms with E-state index in [4.69, 9.17) is 14.2 Å². The lowest BCUT2D eigenvalue weighted by molar-refractivity contribution is -0.0996. The van der Waals surface area contributed by atoms with Crippen LogP contribution in [0, 0.1) is 0 Å². The van der Waals surface area contributed by atoms with Gasteiger partial charge >= 0.3 is 0 Å². The van der Waals surface area contributed by atoms with E-state index >= 15 is 0 Å². The van der Waals surface area contributed by atoms with E-state index in [-0.39, 0.29) is 17.1 Å². The number of aldehydes is 1. The molecule has 0 fully saturated rings. The third-order valence-corrected chi connectivity index (χ3v) is 2.79. The number of benzene rings is 1. The van der Waals surface area contributed by atoms with Crippen LogP contribution < -0.4 is 4.74 Å². The maximum Gasteiger partial charge on any atom is 0.230 e. The van der Waals surface area contributed by atoms with Gasteiger partial charge in [0.1, 0.15) is 11.5 Å². The summed E-state index contributed by atoms with van der Waals surface area (Å²) in [5, 5.41) is 9.80. The number of carbonyl (C=O) groups is 1. The first-order valence-electron chi connectivity index (χ1n) is 5.39. The Balaban J connectivity index is 2.75. The molecule has 18 heavy (non-hydrogen) atoms. The van der Waals surface area contributed by atoms with Crippen molar-refractivity contribution in [3.63, 3.8) is 0 Å². The summed E-state index contributed by atoms with van der Waals surface area (Å²) < 4.78 is 15.9. The zero-order valence-corrected chi connectivity index (χ0v) is 10.4. The molecule has 5 nitrogen and oxygen atoms in total. The molecule has 0 unspecified atom stereocenters. The van der Waals surface area contributed by atoms with Crippen LogP contribution >= 0.6 is 0 Å². The Labute approximate surface area is 105 Å². The number of allylic oxidation sites excluding steroid dienone is 1. The number of hydrogen-bond acceptors (Lipinski definition) is 5. The fraction of sp³-hybridized carbons (Fsp3) is 0.308. The molecular weight excluding hydrogens is 236 g/mol. The molecule has 96 valence electrons. The zero-order chi connectivity index (χ0) is 13.3. The largest absolute Gasteiger partial charge is 0.507 e. The van der Waals surface area contributed by atoms with Gasteiger partial charge in [0, 0.05) is 7.11 Å². The van der Waals surface area contributed by atoms with E-state index in [1.165, 1.54) is 20.3 Å². The summed E-state index contributed by atoms with van der Waals surface area (Å²) in [4.78, 5) is 11.0. The lowest BCUT2D eigenvalue weighted by Crippen LogP contribution is -2.14. The summed E-state index contributed by atoms with van der Waals surface area (Å²) >= 11 is 0. The van der Waals surface area contributed by atoms with Crippen molar-refractivity contribution >= 4 is 12.4 Å². The molecule has 0 amide bonds. The summed E-state index contributed by atoms with van der Waals surface area (Å²) in [6.45, 7) is 1.78. The highest BCUT2D eigenvalue weighted by atomic mass is 16.7. The molecule has 1 N–H and O–H groups in total. The third-order valence-electron chi connectivity index (χ3n) is 2.79. The molecule has 1 atom stereocenters. The monoisotopic (exact) mass is 250 g/mol. The fourth-order valence-corrected chi connectivity index (χ4v) is 2.04. The first kappa shape index (κ1) is 12.4. The number of fused-ring (bicyclic) bond motifs is 1. The van der Waals surface area contributed by atoms with E-state index in [2.05, 4.69) is 0 Å². The van der Waals surface area contributed by atoms with Crippen molar-refractivity contribution in [3.05, 3.63) is 28.5 Å². The molecule has 0 bridgehead atoms. The average molecular weight is 250 g/mol. The first-order valence-corrected chi connectivity index (χ1v) is 5.39. The van der Waals surface area contributed by atoms with E-state index in [1.807, 2.05) is 0 Å². The van der Waals surface area contributed by atoms with Gasteiger partial charge in [-0.05, 0) is 24.6 Å². The predicted octanol–water partition coefficient (Wildman–Crippen LogP) is 2.25. The van der Waals surface area contributed by atoms with Gasteiger partial charge in [-0.1, -0.05) is 0 Å². The Hall–Kier alpha value is -2.01. The van der Waals surface area contributed by atoms with Crippen molar-refractivity contribution in [2.24, 2.45) is 0 Å². The number of methoxy groups -OCH3 is 2. The van der Waals surface area contributed by atoms with Gasteiger partial charge in [0.2, 0.25) is 6.29 Å². The molecule has 1 heterocycles. The van der Waals surface area contributed by atoms with E-state index in [1.54, 1.807) is 13.0 Å². The minimum Gasteiger partial charge on any atom is -0.507 e. The Morgan fingerprint density at radius 3 is 2.72 bits per heavy atom. The Morgan fingerprint density at radius 1 is 1.44 bits per heavy atom. The van der Waals surface area contributed by atoms with Gasteiger partial charge < -0.3 is 19.3 Å². The highest BCUT2D eigenvalue weighted by molar-refractivity contribution is 5.86. The van der Waals surface area contributed by atoms with Crippen molar-refractivity contribution in [1.29, 1.82) is 0 Å². The standard InChI is InChI=1S/C13H14O5/c1-7-4-8-5-10(15)9(6-14)12(16-2)11(8)13(17-3)18-7/h4-6,13,15H,1-3H3/t13-/m0/s1. The predicted molar refractivity (Wildman–Crippen MR) is 64.5 cm³/mol. The Kier molecular flexibility index (Phi) is 3.25. The van der Waals surface area contributed by atoms with E-state index < -0.39 is 6.29 Å². The molecule has 1 aliphatic rings. The van der Waals surface area contributed by atoms with Crippen molar-refractivity contribution in [1.82, 2.24) is 0 Å². The molecule has 2 rings (SSSR count). The van der Waals surface area contributed by atoms with Crippen molar-refractivity contribution in [2.45, 2.75) is 13.2 Å². The smallest absolute Gasteiger partial charge is 0.230 e. The molecule has 0 aliphatic carbocycles. The number of hydrogen-bond donors (Lipinski definition) is 1. The van der Waals surface area contributed by atoms with Crippen LogP contribution in [0.25, 0.3) is 6.08 Å². The molecule has 0 saturated carbocycles. The second-order valence-electron chi connectivity index (χ2n) is 3.90. The van der Waals surface area contributed by atoms with Crippen LogP contribution in [0.5, 0.6) is 11.5 Å². The normalized spacial score (nSPS) is 17.5. The van der Waals surface area contributed by atoms with Gasteiger partial charge in [-0.15, -0.1) is 0 Å². The number of rotatable bonds is 3. The van der Waals surface area contributed by atoms with Crippen LogP contribution in [-0.4, -0.2) is 25.6 Å². The topological polar surface area (TPSA) is 65.0 Å². The van der Waals surface area contributed by atoms with E-state index in [9.17, 15) is 9.90 Å². The molecule has 1 aliphatic heterocycles. The molecule has 1 aromatic carbocycles.